The van der Waals surface area contributed by atoms with E-state index in [-0.39, 0.29) is 23.0 Å². The lowest BCUT2D eigenvalue weighted by molar-refractivity contribution is -0.162. The number of hydrogen-bond acceptors (Lipinski definition) is 4. The third-order valence-electron chi connectivity index (χ3n) is 9.56. The largest absolute Gasteiger partial charge is 0.497 e. The van der Waals surface area contributed by atoms with Crippen LogP contribution in [-0.2, 0) is 21.4 Å². The number of hydrogen-bond donors (Lipinski definition) is 0. The lowest BCUT2D eigenvalue weighted by Gasteiger charge is -2.61. The maximum Gasteiger partial charge on any atom is 0.227 e. The van der Waals surface area contributed by atoms with E-state index in [1.165, 1.54) is 24.9 Å². The minimum atomic E-state index is -0.306. The Balaban J connectivity index is 1.48. The molecule has 1 saturated heterocycles. The minimum absolute atomic E-state index is 0.127. The predicted molar refractivity (Wildman–Crippen MR) is 163 cm³/mol. The van der Waals surface area contributed by atoms with Gasteiger partial charge in [0.25, 0.3) is 0 Å². The summed E-state index contributed by atoms with van der Waals surface area (Å²) in [5.74, 6) is 2.22. The fourth-order valence-corrected chi connectivity index (χ4v) is 7.67. The third kappa shape index (κ3) is 6.04. The molecule has 3 aliphatic rings. The molecule has 1 amide bonds. The van der Waals surface area contributed by atoms with E-state index in [9.17, 15) is 4.79 Å². The van der Waals surface area contributed by atoms with Gasteiger partial charge in [-0.1, -0.05) is 55.2 Å². The number of amides is 1. The number of likely N-dealkylation sites (tertiary alicyclic amines) is 1. The fraction of sp³-hybridized carbons (Fsp3) is 0.606. The average molecular weight is 588 g/mol. The van der Waals surface area contributed by atoms with Crippen LogP contribution in [0.2, 0.25) is 10.0 Å². The Morgan fingerprint density at radius 1 is 1.07 bits per heavy atom. The Morgan fingerprint density at radius 2 is 1.88 bits per heavy atom. The van der Waals surface area contributed by atoms with Gasteiger partial charge in [0.05, 0.1) is 29.2 Å². The summed E-state index contributed by atoms with van der Waals surface area (Å²) >= 11 is 12.4. The summed E-state index contributed by atoms with van der Waals surface area (Å²) in [6.07, 6.45) is 6.75. The monoisotopic (exact) mass is 586 g/mol. The topological polar surface area (TPSA) is 42.0 Å². The summed E-state index contributed by atoms with van der Waals surface area (Å²) in [6, 6.07) is 14.2. The number of halogens is 2. The molecule has 0 radical (unpaired) electrons. The first-order valence-electron chi connectivity index (χ1n) is 14.8. The highest BCUT2D eigenvalue weighted by Crippen LogP contribution is 2.55. The van der Waals surface area contributed by atoms with Crippen LogP contribution in [0.1, 0.15) is 63.5 Å². The highest BCUT2D eigenvalue weighted by molar-refractivity contribution is 6.42. The van der Waals surface area contributed by atoms with Gasteiger partial charge in [-0.25, -0.2) is 0 Å². The molecular formula is C33H44Cl2N2O3. The number of benzene rings is 2. The van der Waals surface area contributed by atoms with Crippen LogP contribution in [0.4, 0.5) is 0 Å². The molecule has 0 bridgehead atoms. The molecule has 3 fully saturated rings. The van der Waals surface area contributed by atoms with Crippen molar-refractivity contribution in [2.24, 2.45) is 11.8 Å². The van der Waals surface area contributed by atoms with Crippen LogP contribution in [0, 0.1) is 11.8 Å². The summed E-state index contributed by atoms with van der Waals surface area (Å²) in [7, 11) is 3.63. The van der Waals surface area contributed by atoms with Crippen LogP contribution in [0.25, 0.3) is 0 Å². The molecule has 2 aromatic rings. The summed E-state index contributed by atoms with van der Waals surface area (Å²) in [5, 5.41) is 0.994. The van der Waals surface area contributed by atoms with Gasteiger partial charge in [-0.3, -0.25) is 4.79 Å². The second-order valence-electron chi connectivity index (χ2n) is 12.7. The first kappa shape index (κ1) is 29.7. The van der Waals surface area contributed by atoms with Crippen molar-refractivity contribution in [1.82, 2.24) is 9.80 Å². The maximum atomic E-state index is 14.0. The number of rotatable bonds is 10. The molecule has 218 valence electrons. The molecule has 2 saturated carbocycles. The second kappa shape index (κ2) is 12.2. The number of fused-ring (bicyclic) bond motifs is 1. The molecule has 40 heavy (non-hydrogen) atoms. The predicted octanol–water partition coefficient (Wildman–Crippen LogP) is 7.02. The van der Waals surface area contributed by atoms with Crippen LogP contribution in [0.15, 0.2) is 42.5 Å². The van der Waals surface area contributed by atoms with Crippen molar-refractivity contribution in [3.8, 4) is 5.75 Å². The van der Waals surface area contributed by atoms with E-state index in [2.05, 4.69) is 41.8 Å². The van der Waals surface area contributed by atoms with Crippen molar-refractivity contribution in [3.05, 3.63) is 63.6 Å². The van der Waals surface area contributed by atoms with E-state index >= 15 is 0 Å². The fourth-order valence-electron chi connectivity index (χ4n) is 7.35. The number of carbonyl (C=O) groups excluding carboxylic acids is 1. The Labute approximate surface area is 250 Å². The molecule has 3 unspecified atom stereocenters. The molecule has 5 nitrogen and oxygen atoms in total. The van der Waals surface area contributed by atoms with Crippen molar-refractivity contribution in [2.45, 2.75) is 75.9 Å². The van der Waals surface area contributed by atoms with Crippen LogP contribution in [0.5, 0.6) is 5.75 Å². The van der Waals surface area contributed by atoms with Gasteiger partial charge < -0.3 is 19.3 Å². The van der Waals surface area contributed by atoms with Crippen LogP contribution in [0.3, 0.4) is 0 Å². The minimum Gasteiger partial charge on any atom is -0.497 e. The number of nitrogens with zero attached hydrogens (tertiary/aromatic N) is 2. The van der Waals surface area contributed by atoms with Gasteiger partial charge in [0.1, 0.15) is 5.75 Å². The van der Waals surface area contributed by atoms with E-state index in [0.29, 0.717) is 22.4 Å². The van der Waals surface area contributed by atoms with Gasteiger partial charge in [0, 0.05) is 38.2 Å². The van der Waals surface area contributed by atoms with E-state index in [0.717, 1.165) is 62.5 Å². The molecule has 7 heteroatoms. The molecular weight excluding hydrogens is 543 g/mol. The molecule has 0 N–H and O–H groups in total. The lowest BCUT2D eigenvalue weighted by atomic mass is 9.55. The Hall–Kier alpha value is -1.79. The zero-order valence-corrected chi connectivity index (χ0v) is 25.9. The summed E-state index contributed by atoms with van der Waals surface area (Å²) in [5.41, 5.74) is 1.65. The molecule has 5 rings (SSSR count). The highest BCUT2D eigenvalue weighted by Gasteiger charge is 2.60. The molecule has 1 heterocycles. The third-order valence-corrected chi connectivity index (χ3v) is 10.3. The van der Waals surface area contributed by atoms with Gasteiger partial charge in [-0.2, -0.15) is 0 Å². The van der Waals surface area contributed by atoms with Crippen LogP contribution < -0.4 is 4.74 Å². The molecule has 0 spiro atoms. The zero-order chi connectivity index (χ0) is 28.5. The van der Waals surface area contributed by atoms with Gasteiger partial charge in [0.2, 0.25) is 5.91 Å². The number of piperidine rings is 1. The van der Waals surface area contributed by atoms with Gasteiger partial charge in [-0.15, -0.1) is 0 Å². The zero-order valence-electron chi connectivity index (χ0n) is 24.4. The summed E-state index contributed by atoms with van der Waals surface area (Å²) < 4.78 is 12.3. The Kier molecular flexibility index (Phi) is 9.06. The molecule has 1 aliphatic heterocycles. The lowest BCUT2D eigenvalue weighted by Crippen LogP contribution is -2.68. The van der Waals surface area contributed by atoms with Crippen molar-refractivity contribution in [3.63, 3.8) is 0 Å². The Bertz CT molecular complexity index is 1200. The maximum absolute atomic E-state index is 14.0. The molecule has 2 aromatic carbocycles. The molecule has 3 atom stereocenters. The highest BCUT2D eigenvalue weighted by atomic mass is 35.5. The standard InChI is InChI=1S/C33H44Cl2N2O3/c1-23(2)20-37(31(38)17-25-10-11-29(34)30(35)16-25)27-12-13-33(40-4)22-36(21-24-8-9-24)15-14-32(33,19-27)26-6-5-7-28(18-26)39-3/h5-7,10-11,16,18,23-24,27H,8-9,12-15,17,19-22H2,1-4H3. The van der Waals surface area contributed by atoms with Crippen molar-refractivity contribution in [1.29, 1.82) is 0 Å². The SMILES string of the molecule is COc1cccc(C23CCN(CC4CC4)CC2(OC)CCC(N(CC(C)C)C(=O)Cc2ccc(Cl)c(Cl)c2)C3)c1. The molecule has 0 aromatic heterocycles. The first-order chi connectivity index (χ1) is 19.2. The van der Waals surface area contributed by atoms with E-state index in [1.54, 1.807) is 13.2 Å². The smallest absolute Gasteiger partial charge is 0.227 e. The second-order valence-corrected chi connectivity index (χ2v) is 13.5. The number of carbonyl (C=O) groups is 1. The summed E-state index contributed by atoms with van der Waals surface area (Å²) in [6.45, 7) is 8.27. The average Bonchev–Trinajstić information content (AvgIpc) is 3.77. The molecule has 2 aliphatic carbocycles. The van der Waals surface area contributed by atoms with Gasteiger partial charge >= 0.3 is 0 Å². The van der Waals surface area contributed by atoms with Crippen LogP contribution in [-0.4, -0.2) is 67.7 Å². The van der Waals surface area contributed by atoms with Gasteiger partial charge in [0.15, 0.2) is 0 Å². The van der Waals surface area contributed by atoms with E-state index < -0.39 is 0 Å². The van der Waals surface area contributed by atoms with E-state index in [1.807, 2.05) is 25.3 Å². The first-order valence-corrected chi connectivity index (χ1v) is 15.6. The van der Waals surface area contributed by atoms with Gasteiger partial charge in [-0.05, 0) is 92.3 Å². The summed E-state index contributed by atoms with van der Waals surface area (Å²) in [4.78, 5) is 18.8. The van der Waals surface area contributed by atoms with Crippen molar-refractivity contribution >= 4 is 29.1 Å². The van der Waals surface area contributed by atoms with Crippen LogP contribution >= 0.6 is 23.2 Å². The normalized spacial score (nSPS) is 26.9. The van der Waals surface area contributed by atoms with Crippen molar-refractivity contribution in [2.75, 3.05) is 40.4 Å². The number of ether oxygens (including phenoxy) is 2. The Morgan fingerprint density at radius 3 is 2.55 bits per heavy atom. The van der Waals surface area contributed by atoms with Crippen molar-refractivity contribution < 1.29 is 14.3 Å². The quantitative estimate of drug-likeness (QED) is 0.300. The van der Waals surface area contributed by atoms with E-state index in [4.69, 9.17) is 32.7 Å². The number of methoxy groups -OCH3 is 2.